The SMILES string of the molecule is C=C[C@@H](C[C@@H](CCC)CNc1cc(C(=O)OC)ccc1OCc1ccc(Cl)cc1CCCC(OC)OC)OC. The summed E-state index contributed by atoms with van der Waals surface area (Å²) in [5.74, 6) is 0.620. The second kappa shape index (κ2) is 17.9. The van der Waals surface area contributed by atoms with Gasteiger partial charge in [0, 0.05) is 32.9 Å². The summed E-state index contributed by atoms with van der Waals surface area (Å²) < 4.78 is 27.4. The second-order valence-corrected chi connectivity index (χ2v) is 9.92. The number of rotatable bonds is 19. The van der Waals surface area contributed by atoms with Crippen molar-refractivity contribution < 1.29 is 28.5 Å². The molecule has 2 rings (SSSR count). The monoisotopic (exact) mass is 561 g/mol. The molecule has 0 fully saturated rings. The molecule has 0 aromatic heterocycles. The lowest BCUT2D eigenvalue weighted by atomic mass is 9.96. The Kier molecular flexibility index (Phi) is 15.0. The largest absolute Gasteiger partial charge is 0.487 e. The molecule has 0 saturated heterocycles. The van der Waals surface area contributed by atoms with Gasteiger partial charge in [-0.05, 0) is 79.5 Å². The van der Waals surface area contributed by atoms with E-state index in [9.17, 15) is 4.79 Å². The summed E-state index contributed by atoms with van der Waals surface area (Å²) >= 11 is 6.31. The molecule has 0 saturated carbocycles. The molecule has 0 aliphatic rings. The van der Waals surface area contributed by atoms with E-state index in [1.807, 2.05) is 30.3 Å². The topological polar surface area (TPSA) is 75.3 Å². The van der Waals surface area contributed by atoms with Crippen LogP contribution in [0.15, 0.2) is 49.1 Å². The van der Waals surface area contributed by atoms with E-state index in [1.165, 1.54) is 7.11 Å². The highest BCUT2D eigenvalue weighted by atomic mass is 35.5. The molecule has 39 heavy (non-hydrogen) atoms. The van der Waals surface area contributed by atoms with E-state index in [2.05, 4.69) is 18.8 Å². The number of hydrogen-bond donors (Lipinski definition) is 1. The molecule has 2 atom stereocenters. The third kappa shape index (κ3) is 10.8. The van der Waals surface area contributed by atoms with E-state index >= 15 is 0 Å². The first-order chi connectivity index (χ1) is 18.9. The van der Waals surface area contributed by atoms with Crippen LogP contribution < -0.4 is 10.1 Å². The van der Waals surface area contributed by atoms with Crippen LogP contribution >= 0.6 is 11.6 Å². The molecule has 0 bridgehead atoms. The number of aryl methyl sites for hydroxylation is 1. The molecule has 0 unspecified atom stereocenters. The fourth-order valence-corrected chi connectivity index (χ4v) is 4.73. The highest BCUT2D eigenvalue weighted by Gasteiger charge is 2.17. The number of halogens is 1. The van der Waals surface area contributed by atoms with Crippen LogP contribution in [0.5, 0.6) is 5.75 Å². The maximum atomic E-state index is 12.2. The molecule has 2 aromatic carbocycles. The van der Waals surface area contributed by atoms with Gasteiger partial charge in [0.1, 0.15) is 12.4 Å². The Hall–Kier alpha value is -2.58. The Balaban J connectivity index is 2.21. The molecule has 216 valence electrons. The summed E-state index contributed by atoms with van der Waals surface area (Å²) in [6.07, 6.45) is 7.02. The molecule has 0 radical (unpaired) electrons. The summed E-state index contributed by atoms with van der Waals surface area (Å²) in [7, 11) is 6.36. The van der Waals surface area contributed by atoms with Crippen molar-refractivity contribution in [1.82, 2.24) is 0 Å². The number of methoxy groups -OCH3 is 4. The molecule has 8 heteroatoms. The zero-order valence-corrected chi connectivity index (χ0v) is 24.7. The zero-order chi connectivity index (χ0) is 28.6. The van der Waals surface area contributed by atoms with Gasteiger partial charge in [0.25, 0.3) is 0 Å². The van der Waals surface area contributed by atoms with Gasteiger partial charge in [0.15, 0.2) is 6.29 Å². The summed E-state index contributed by atoms with van der Waals surface area (Å²) in [4.78, 5) is 12.2. The number of ether oxygens (including phenoxy) is 5. The predicted octanol–water partition coefficient (Wildman–Crippen LogP) is 7.07. The summed E-state index contributed by atoms with van der Waals surface area (Å²) in [6, 6.07) is 11.2. The van der Waals surface area contributed by atoms with Gasteiger partial charge < -0.3 is 29.0 Å². The van der Waals surface area contributed by atoms with Gasteiger partial charge in [-0.2, -0.15) is 0 Å². The van der Waals surface area contributed by atoms with Gasteiger partial charge >= 0.3 is 5.97 Å². The van der Waals surface area contributed by atoms with Crippen LogP contribution in [0.4, 0.5) is 5.69 Å². The van der Waals surface area contributed by atoms with E-state index < -0.39 is 5.97 Å². The van der Waals surface area contributed by atoms with Crippen molar-refractivity contribution in [1.29, 1.82) is 0 Å². The number of carbonyl (C=O) groups excluding carboxylic acids is 1. The Labute approximate surface area is 238 Å². The van der Waals surface area contributed by atoms with E-state index in [0.717, 1.165) is 55.3 Å². The number of benzene rings is 2. The highest BCUT2D eigenvalue weighted by Crippen LogP contribution is 2.29. The Morgan fingerprint density at radius 1 is 1.03 bits per heavy atom. The predicted molar refractivity (Wildman–Crippen MR) is 157 cm³/mol. The van der Waals surface area contributed by atoms with E-state index in [0.29, 0.717) is 35.4 Å². The van der Waals surface area contributed by atoms with Crippen molar-refractivity contribution >= 4 is 23.3 Å². The normalized spacial score (nSPS) is 12.7. The smallest absolute Gasteiger partial charge is 0.337 e. The number of nitrogens with one attached hydrogen (secondary N) is 1. The lowest BCUT2D eigenvalue weighted by molar-refractivity contribution is -0.106. The third-order valence-corrected chi connectivity index (χ3v) is 7.01. The molecule has 2 aromatic rings. The molecule has 0 aliphatic heterocycles. The minimum Gasteiger partial charge on any atom is -0.487 e. The molecule has 7 nitrogen and oxygen atoms in total. The molecule has 0 amide bonds. The zero-order valence-electron chi connectivity index (χ0n) is 24.0. The van der Waals surface area contributed by atoms with Crippen molar-refractivity contribution in [2.45, 2.75) is 64.4 Å². The van der Waals surface area contributed by atoms with Gasteiger partial charge in [-0.25, -0.2) is 4.79 Å². The first kappa shape index (κ1) is 32.6. The van der Waals surface area contributed by atoms with Gasteiger partial charge in [-0.15, -0.1) is 6.58 Å². The van der Waals surface area contributed by atoms with Crippen molar-refractivity contribution in [3.63, 3.8) is 0 Å². The summed E-state index contributed by atoms with van der Waals surface area (Å²) in [5, 5.41) is 4.20. The second-order valence-electron chi connectivity index (χ2n) is 9.48. The molecule has 0 spiro atoms. The van der Waals surface area contributed by atoms with Gasteiger partial charge in [0.2, 0.25) is 0 Å². The third-order valence-electron chi connectivity index (χ3n) is 6.77. The maximum absolute atomic E-state index is 12.2. The summed E-state index contributed by atoms with van der Waals surface area (Å²) in [5.41, 5.74) is 3.36. The fourth-order valence-electron chi connectivity index (χ4n) is 4.54. The van der Waals surface area contributed by atoms with Crippen LogP contribution in [0.2, 0.25) is 5.02 Å². The number of hydrogen-bond acceptors (Lipinski definition) is 7. The highest BCUT2D eigenvalue weighted by molar-refractivity contribution is 6.30. The van der Waals surface area contributed by atoms with Crippen molar-refractivity contribution in [3.8, 4) is 5.75 Å². The van der Waals surface area contributed by atoms with Crippen molar-refractivity contribution in [2.75, 3.05) is 40.3 Å². The minimum atomic E-state index is -0.397. The lowest BCUT2D eigenvalue weighted by Crippen LogP contribution is -2.21. The quantitative estimate of drug-likeness (QED) is 0.112. The summed E-state index contributed by atoms with van der Waals surface area (Å²) in [6.45, 7) is 7.11. The van der Waals surface area contributed by atoms with Crippen molar-refractivity contribution in [2.24, 2.45) is 5.92 Å². The van der Waals surface area contributed by atoms with Crippen LogP contribution in [0, 0.1) is 5.92 Å². The molecular weight excluding hydrogens is 518 g/mol. The van der Waals surface area contributed by atoms with E-state index in [1.54, 1.807) is 33.5 Å². The maximum Gasteiger partial charge on any atom is 0.337 e. The first-order valence-corrected chi connectivity index (χ1v) is 13.8. The van der Waals surface area contributed by atoms with Crippen LogP contribution in [0.25, 0.3) is 0 Å². The molecule has 0 aliphatic carbocycles. The number of anilines is 1. The van der Waals surface area contributed by atoms with Gasteiger partial charge in [-0.3, -0.25) is 0 Å². The fraction of sp³-hybridized carbons (Fsp3) is 0.516. The van der Waals surface area contributed by atoms with Crippen molar-refractivity contribution in [3.05, 3.63) is 70.8 Å². The van der Waals surface area contributed by atoms with E-state index in [-0.39, 0.29) is 12.4 Å². The number of carbonyl (C=O) groups is 1. The molecule has 0 heterocycles. The standard InChI is InChI=1S/C31H44ClNO6/c1-7-10-22(17-27(8-2)35-3)20-33-28-19-24(31(34)38-6)14-16-29(28)39-21-25-13-15-26(32)18-23(25)11-9-12-30(36-4)37-5/h8,13-16,18-19,22,27,30,33H,2,7,9-12,17,20-21H2,1,3-6H3/t22-,27+/m1/s1. The van der Waals surface area contributed by atoms with Crippen LogP contribution in [0.1, 0.15) is 60.5 Å². The van der Waals surface area contributed by atoms with Crippen LogP contribution in [-0.2, 0) is 32.0 Å². The Morgan fingerprint density at radius 3 is 2.44 bits per heavy atom. The molecular formula is C31H44ClNO6. The Bertz CT molecular complexity index is 1030. The van der Waals surface area contributed by atoms with Gasteiger partial charge in [-0.1, -0.05) is 37.1 Å². The first-order valence-electron chi connectivity index (χ1n) is 13.5. The van der Waals surface area contributed by atoms with Gasteiger partial charge in [0.05, 0.1) is 24.5 Å². The average molecular weight is 562 g/mol. The lowest BCUT2D eigenvalue weighted by Gasteiger charge is -2.22. The number of esters is 1. The minimum absolute atomic E-state index is 0.00754. The van der Waals surface area contributed by atoms with E-state index in [4.69, 9.17) is 35.3 Å². The molecule has 1 N–H and O–H groups in total. The Morgan fingerprint density at radius 2 is 1.79 bits per heavy atom. The average Bonchev–Trinajstić information content (AvgIpc) is 2.96. The van der Waals surface area contributed by atoms with Crippen LogP contribution in [-0.4, -0.2) is 53.3 Å². The van der Waals surface area contributed by atoms with Crippen LogP contribution in [0.3, 0.4) is 0 Å².